The maximum Gasteiger partial charge on any atom is 0.191 e. The summed E-state index contributed by atoms with van der Waals surface area (Å²) < 4.78 is 14.3. The van der Waals surface area contributed by atoms with Crippen LogP contribution in [0.2, 0.25) is 0 Å². The van der Waals surface area contributed by atoms with E-state index in [9.17, 15) is 4.39 Å². The van der Waals surface area contributed by atoms with E-state index in [2.05, 4.69) is 49.9 Å². The molecule has 1 aromatic carbocycles. The van der Waals surface area contributed by atoms with Crippen LogP contribution in [0.3, 0.4) is 0 Å². The molecule has 0 unspecified atom stereocenters. The predicted octanol–water partition coefficient (Wildman–Crippen LogP) is 2.04. The highest BCUT2D eigenvalue weighted by Crippen LogP contribution is 2.10. The van der Waals surface area contributed by atoms with Crippen molar-refractivity contribution in [3.63, 3.8) is 0 Å². The molecule has 0 saturated carbocycles. The number of nitrogens with zero attached hydrogens (tertiary/aromatic N) is 5. The standard InChI is InChI=1S/C19H30FN7/c1-16-24-25-18(27(16)3)15-23-19(21-12-7-11-20)22-13-8-14-26(2)17-9-5-4-6-10-17/h4-6,9-10H,7-8,11-15H2,1-3H3,(H2,21,22,23). The number of benzene rings is 1. The summed E-state index contributed by atoms with van der Waals surface area (Å²) in [5, 5.41) is 14.6. The highest BCUT2D eigenvalue weighted by molar-refractivity contribution is 5.79. The van der Waals surface area contributed by atoms with Gasteiger partial charge in [0, 0.05) is 39.4 Å². The number of halogens is 1. The van der Waals surface area contributed by atoms with Crippen molar-refractivity contribution in [3.8, 4) is 0 Å². The average molecular weight is 375 g/mol. The molecule has 7 nitrogen and oxygen atoms in total. The third kappa shape index (κ3) is 6.88. The first kappa shape index (κ1) is 20.7. The van der Waals surface area contributed by atoms with E-state index in [4.69, 9.17) is 0 Å². The van der Waals surface area contributed by atoms with Crippen LogP contribution in [0.25, 0.3) is 0 Å². The third-order valence-corrected chi connectivity index (χ3v) is 4.32. The molecule has 2 N–H and O–H groups in total. The second-order valence-electron chi connectivity index (χ2n) is 6.39. The summed E-state index contributed by atoms with van der Waals surface area (Å²) in [4.78, 5) is 6.77. The molecule has 148 valence electrons. The van der Waals surface area contributed by atoms with E-state index in [1.54, 1.807) is 0 Å². The molecule has 0 aliphatic rings. The first-order valence-corrected chi connectivity index (χ1v) is 9.31. The van der Waals surface area contributed by atoms with Crippen molar-refractivity contribution in [3.05, 3.63) is 42.0 Å². The van der Waals surface area contributed by atoms with E-state index in [0.29, 0.717) is 25.5 Å². The zero-order valence-electron chi connectivity index (χ0n) is 16.5. The van der Waals surface area contributed by atoms with Crippen LogP contribution in [0.1, 0.15) is 24.5 Å². The van der Waals surface area contributed by atoms with E-state index in [1.807, 2.05) is 36.7 Å². The molecule has 8 heteroatoms. The molecule has 27 heavy (non-hydrogen) atoms. The summed E-state index contributed by atoms with van der Waals surface area (Å²) in [5.74, 6) is 2.32. The first-order valence-electron chi connectivity index (χ1n) is 9.31. The van der Waals surface area contributed by atoms with Crippen LogP contribution in [0.5, 0.6) is 0 Å². The van der Waals surface area contributed by atoms with Crippen LogP contribution >= 0.6 is 0 Å². The van der Waals surface area contributed by atoms with Gasteiger partial charge in [0.05, 0.1) is 6.67 Å². The normalized spacial score (nSPS) is 11.5. The predicted molar refractivity (Wildman–Crippen MR) is 108 cm³/mol. The summed E-state index contributed by atoms with van der Waals surface area (Å²) in [7, 11) is 4.00. The Labute approximate surface area is 160 Å². The lowest BCUT2D eigenvalue weighted by Gasteiger charge is -2.19. The molecule has 0 radical (unpaired) electrons. The second kappa shape index (κ2) is 11.2. The van der Waals surface area contributed by atoms with Crippen LogP contribution < -0.4 is 15.5 Å². The highest BCUT2D eigenvalue weighted by Gasteiger charge is 2.05. The van der Waals surface area contributed by atoms with Crippen LogP contribution in [-0.4, -0.2) is 54.1 Å². The van der Waals surface area contributed by atoms with Gasteiger partial charge in [-0.05, 0) is 31.9 Å². The van der Waals surface area contributed by atoms with Gasteiger partial charge in [-0.1, -0.05) is 18.2 Å². The fraction of sp³-hybridized carbons (Fsp3) is 0.526. The molecule has 1 heterocycles. The van der Waals surface area contributed by atoms with Crippen molar-refractivity contribution in [2.24, 2.45) is 12.0 Å². The number of para-hydroxylation sites is 1. The number of hydrogen-bond acceptors (Lipinski definition) is 4. The fourth-order valence-corrected chi connectivity index (χ4v) is 2.52. The maximum atomic E-state index is 12.4. The molecule has 0 bridgehead atoms. The molecular formula is C19H30FN7. The summed E-state index contributed by atoms with van der Waals surface area (Å²) in [6, 6.07) is 10.3. The number of aromatic nitrogens is 3. The van der Waals surface area contributed by atoms with Crippen LogP contribution in [-0.2, 0) is 13.6 Å². The van der Waals surface area contributed by atoms with Crippen molar-refractivity contribution in [2.75, 3.05) is 38.3 Å². The van der Waals surface area contributed by atoms with Gasteiger partial charge in [-0.15, -0.1) is 10.2 Å². The minimum atomic E-state index is -0.343. The van der Waals surface area contributed by atoms with Gasteiger partial charge in [-0.3, -0.25) is 4.39 Å². The van der Waals surface area contributed by atoms with Crippen LogP contribution in [0.4, 0.5) is 10.1 Å². The van der Waals surface area contributed by atoms with Gasteiger partial charge in [0.1, 0.15) is 12.4 Å². The molecule has 0 aliphatic heterocycles. The minimum Gasteiger partial charge on any atom is -0.375 e. The number of aryl methyl sites for hydroxylation is 1. The zero-order chi connectivity index (χ0) is 19.5. The number of anilines is 1. The molecule has 1 aromatic heterocycles. The Hall–Kier alpha value is -2.64. The molecule has 0 fully saturated rings. The van der Waals surface area contributed by atoms with Crippen molar-refractivity contribution in [1.82, 2.24) is 25.4 Å². The summed E-state index contributed by atoms with van der Waals surface area (Å²) >= 11 is 0. The third-order valence-electron chi connectivity index (χ3n) is 4.32. The minimum absolute atomic E-state index is 0.343. The first-order chi connectivity index (χ1) is 13.1. The summed E-state index contributed by atoms with van der Waals surface area (Å²) in [5.41, 5.74) is 1.20. The lowest BCUT2D eigenvalue weighted by molar-refractivity contribution is 0.470. The lowest BCUT2D eigenvalue weighted by Crippen LogP contribution is -2.39. The largest absolute Gasteiger partial charge is 0.375 e. The molecule has 0 spiro atoms. The fourth-order valence-electron chi connectivity index (χ4n) is 2.52. The Morgan fingerprint density at radius 3 is 2.48 bits per heavy atom. The maximum absolute atomic E-state index is 12.4. The molecule has 0 atom stereocenters. The van der Waals surface area contributed by atoms with Gasteiger partial charge in [0.15, 0.2) is 11.8 Å². The molecule has 2 aromatic rings. The Morgan fingerprint density at radius 2 is 1.85 bits per heavy atom. The number of rotatable bonds is 10. The van der Waals surface area contributed by atoms with Crippen molar-refractivity contribution in [2.45, 2.75) is 26.3 Å². The van der Waals surface area contributed by atoms with Gasteiger partial charge in [0.25, 0.3) is 0 Å². The van der Waals surface area contributed by atoms with Gasteiger partial charge in [0.2, 0.25) is 0 Å². The van der Waals surface area contributed by atoms with E-state index in [-0.39, 0.29) is 6.67 Å². The topological polar surface area (TPSA) is 70.4 Å². The van der Waals surface area contributed by atoms with Gasteiger partial charge in [-0.25, -0.2) is 4.99 Å². The Bertz CT molecular complexity index is 699. The van der Waals surface area contributed by atoms with E-state index in [0.717, 1.165) is 31.2 Å². The van der Waals surface area contributed by atoms with Gasteiger partial charge in [-0.2, -0.15) is 0 Å². The van der Waals surface area contributed by atoms with Crippen molar-refractivity contribution < 1.29 is 4.39 Å². The number of aliphatic imine (C=N–C) groups is 1. The molecule has 0 amide bonds. The number of nitrogens with one attached hydrogen (secondary N) is 2. The molecule has 2 rings (SSSR count). The number of alkyl halides is 1. The van der Waals surface area contributed by atoms with Crippen LogP contribution in [0.15, 0.2) is 35.3 Å². The lowest BCUT2D eigenvalue weighted by atomic mass is 10.3. The molecule has 0 aliphatic carbocycles. The summed E-state index contributed by atoms with van der Waals surface area (Å²) in [6.45, 7) is 4.23. The summed E-state index contributed by atoms with van der Waals surface area (Å²) in [6.07, 6.45) is 1.42. The SMILES string of the molecule is Cc1nnc(CN=C(NCCCF)NCCCN(C)c2ccccc2)n1C. The molecular weight excluding hydrogens is 345 g/mol. The Kier molecular flexibility index (Phi) is 8.54. The van der Waals surface area contributed by atoms with E-state index >= 15 is 0 Å². The molecule has 0 saturated heterocycles. The van der Waals surface area contributed by atoms with E-state index < -0.39 is 0 Å². The van der Waals surface area contributed by atoms with Gasteiger partial charge < -0.3 is 20.1 Å². The van der Waals surface area contributed by atoms with Gasteiger partial charge >= 0.3 is 0 Å². The monoisotopic (exact) mass is 375 g/mol. The second-order valence-corrected chi connectivity index (χ2v) is 6.39. The number of hydrogen-bond donors (Lipinski definition) is 2. The Morgan fingerprint density at radius 1 is 1.15 bits per heavy atom. The zero-order valence-corrected chi connectivity index (χ0v) is 16.5. The average Bonchev–Trinajstić information content (AvgIpc) is 3.01. The smallest absolute Gasteiger partial charge is 0.191 e. The van der Waals surface area contributed by atoms with Crippen LogP contribution in [0, 0.1) is 6.92 Å². The van der Waals surface area contributed by atoms with E-state index in [1.165, 1.54) is 5.69 Å². The number of guanidine groups is 1. The Balaban J connectivity index is 1.82. The quantitative estimate of drug-likeness (QED) is 0.378. The van der Waals surface area contributed by atoms with Crippen molar-refractivity contribution >= 4 is 11.6 Å². The van der Waals surface area contributed by atoms with Crippen molar-refractivity contribution in [1.29, 1.82) is 0 Å². The highest BCUT2D eigenvalue weighted by atomic mass is 19.1.